The highest BCUT2D eigenvalue weighted by molar-refractivity contribution is 5.50. The lowest BCUT2D eigenvalue weighted by molar-refractivity contribution is -0.128. The van der Waals surface area contributed by atoms with Gasteiger partial charge in [0.15, 0.2) is 0 Å². The number of hydrogen-bond donors (Lipinski definition) is 1. The van der Waals surface area contributed by atoms with Crippen molar-refractivity contribution in [1.29, 1.82) is 0 Å². The van der Waals surface area contributed by atoms with Crippen LogP contribution in [-0.4, -0.2) is 24.3 Å². The van der Waals surface area contributed by atoms with Crippen LogP contribution in [0.4, 0.5) is 0 Å². The van der Waals surface area contributed by atoms with Gasteiger partial charge in [0.25, 0.3) is 6.47 Å². The van der Waals surface area contributed by atoms with Crippen molar-refractivity contribution < 1.29 is 19.4 Å². The van der Waals surface area contributed by atoms with Crippen molar-refractivity contribution in [3.63, 3.8) is 0 Å². The number of benzene rings is 1. The Morgan fingerprint density at radius 1 is 1.59 bits per heavy atom. The Hall–Kier alpha value is -1.55. The molecule has 2 unspecified atom stereocenters. The topological polar surface area (TPSA) is 55.8 Å². The van der Waals surface area contributed by atoms with Crippen molar-refractivity contribution in [2.24, 2.45) is 0 Å². The van der Waals surface area contributed by atoms with Crippen LogP contribution >= 0.6 is 0 Å². The molecule has 0 radical (unpaired) electrons. The fourth-order valence-electron chi connectivity index (χ4n) is 2.09. The van der Waals surface area contributed by atoms with E-state index < -0.39 is 0 Å². The Balaban J connectivity index is 0.000000188. The minimum Gasteiger partial charge on any atom is -0.489 e. The SMILES string of the molecule is CCOC=O.OCc1cccc2c1C1CC1O2. The van der Waals surface area contributed by atoms with Crippen molar-refractivity contribution in [3.8, 4) is 5.75 Å². The molecule has 1 aromatic carbocycles. The lowest BCUT2D eigenvalue weighted by Crippen LogP contribution is -1.92. The zero-order valence-electron chi connectivity index (χ0n) is 9.76. The molecule has 0 bridgehead atoms. The maximum absolute atomic E-state index is 9.18. The molecule has 2 atom stereocenters. The predicted molar refractivity (Wildman–Crippen MR) is 61.8 cm³/mol. The van der Waals surface area contributed by atoms with E-state index in [-0.39, 0.29) is 6.61 Å². The van der Waals surface area contributed by atoms with Crippen LogP contribution < -0.4 is 4.74 Å². The Bertz CT molecular complexity index is 402. The zero-order chi connectivity index (χ0) is 12.3. The smallest absolute Gasteiger partial charge is 0.293 e. The maximum Gasteiger partial charge on any atom is 0.293 e. The van der Waals surface area contributed by atoms with Crippen LogP contribution in [0.1, 0.15) is 30.4 Å². The van der Waals surface area contributed by atoms with Gasteiger partial charge in [0.1, 0.15) is 11.9 Å². The van der Waals surface area contributed by atoms with Gasteiger partial charge < -0.3 is 14.6 Å². The molecule has 1 aliphatic heterocycles. The zero-order valence-corrected chi connectivity index (χ0v) is 9.76. The number of rotatable bonds is 3. The summed E-state index contributed by atoms with van der Waals surface area (Å²) in [6, 6.07) is 5.90. The van der Waals surface area contributed by atoms with Crippen LogP contribution in [0.15, 0.2) is 18.2 Å². The van der Waals surface area contributed by atoms with Crippen molar-refractivity contribution in [3.05, 3.63) is 29.3 Å². The van der Waals surface area contributed by atoms with Crippen LogP contribution in [0.2, 0.25) is 0 Å². The minimum atomic E-state index is 0.135. The average molecular weight is 236 g/mol. The van der Waals surface area contributed by atoms with Crippen molar-refractivity contribution in [1.82, 2.24) is 0 Å². The molecule has 0 aromatic heterocycles. The molecule has 92 valence electrons. The van der Waals surface area contributed by atoms with Gasteiger partial charge in [0.2, 0.25) is 0 Å². The lowest BCUT2D eigenvalue weighted by Gasteiger charge is -2.06. The summed E-state index contributed by atoms with van der Waals surface area (Å²) in [5, 5.41) is 9.08. The van der Waals surface area contributed by atoms with Gasteiger partial charge >= 0.3 is 0 Å². The molecule has 4 nitrogen and oxygen atoms in total. The minimum absolute atomic E-state index is 0.135. The van der Waals surface area contributed by atoms with Gasteiger partial charge in [-0.25, -0.2) is 0 Å². The van der Waals surface area contributed by atoms with Crippen LogP contribution in [0, 0.1) is 0 Å². The Labute approximate surface area is 100 Å². The molecule has 4 heteroatoms. The van der Waals surface area contributed by atoms with Crippen molar-refractivity contribution in [2.45, 2.75) is 32.0 Å². The quantitative estimate of drug-likeness (QED) is 0.810. The van der Waals surface area contributed by atoms with Crippen LogP contribution in [0.5, 0.6) is 5.75 Å². The number of fused-ring (bicyclic) bond motifs is 3. The van der Waals surface area contributed by atoms with Crippen molar-refractivity contribution >= 4 is 6.47 Å². The number of aliphatic hydroxyl groups excluding tert-OH is 1. The van der Waals surface area contributed by atoms with Gasteiger partial charge in [-0.1, -0.05) is 12.1 Å². The second-order valence-electron chi connectivity index (χ2n) is 4.04. The summed E-state index contributed by atoms with van der Waals surface area (Å²) in [4.78, 5) is 9.18. The van der Waals surface area contributed by atoms with E-state index in [9.17, 15) is 4.79 Å². The third-order valence-corrected chi connectivity index (χ3v) is 2.94. The summed E-state index contributed by atoms with van der Waals surface area (Å²) >= 11 is 0. The summed E-state index contributed by atoms with van der Waals surface area (Å²) in [6.45, 7) is 2.80. The third-order valence-electron chi connectivity index (χ3n) is 2.94. The maximum atomic E-state index is 9.18. The van der Waals surface area contributed by atoms with E-state index in [1.807, 2.05) is 18.2 Å². The molecule has 0 saturated heterocycles. The summed E-state index contributed by atoms with van der Waals surface area (Å²) in [5.74, 6) is 1.58. The van der Waals surface area contributed by atoms with E-state index >= 15 is 0 Å². The second-order valence-corrected chi connectivity index (χ2v) is 4.04. The van der Waals surface area contributed by atoms with E-state index in [4.69, 9.17) is 9.84 Å². The summed E-state index contributed by atoms with van der Waals surface area (Å²) in [5.41, 5.74) is 2.29. The number of carbonyl (C=O) groups excluding carboxylic acids is 1. The third kappa shape index (κ3) is 2.42. The van der Waals surface area contributed by atoms with Gasteiger partial charge in [-0.3, -0.25) is 4.79 Å². The number of ether oxygens (including phenoxy) is 2. The number of hydrogen-bond acceptors (Lipinski definition) is 4. The largest absolute Gasteiger partial charge is 0.489 e. The monoisotopic (exact) mass is 236 g/mol. The molecule has 1 aromatic rings. The molecular weight excluding hydrogens is 220 g/mol. The second kappa shape index (κ2) is 5.19. The molecule has 1 heterocycles. The molecular formula is C13H16O4. The summed E-state index contributed by atoms with van der Waals surface area (Å²) in [6.07, 6.45) is 1.57. The Morgan fingerprint density at radius 3 is 3.00 bits per heavy atom. The number of carbonyl (C=O) groups is 1. The van der Waals surface area contributed by atoms with Crippen molar-refractivity contribution in [2.75, 3.05) is 6.61 Å². The molecule has 1 N–H and O–H groups in total. The van der Waals surface area contributed by atoms with Gasteiger partial charge in [0.05, 0.1) is 13.2 Å². The van der Waals surface area contributed by atoms with Gasteiger partial charge in [-0.05, 0) is 25.0 Å². The summed E-state index contributed by atoms with van der Waals surface area (Å²) < 4.78 is 9.76. The first kappa shape index (κ1) is 11.9. The Morgan fingerprint density at radius 2 is 2.41 bits per heavy atom. The highest BCUT2D eigenvalue weighted by Gasteiger charge is 2.48. The molecule has 1 aliphatic carbocycles. The molecule has 0 spiro atoms. The molecule has 1 saturated carbocycles. The average Bonchev–Trinajstić information content (AvgIpc) is 3.02. The summed E-state index contributed by atoms with van der Waals surface area (Å²) in [7, 11) is 0. The predicted octanol–water partition coefficient (Wildman–Crippen LogP) is 1.61. The highest BCUT2D eigenvalue weighted by Crippen LogP contribution is 2.54. The number of aliphatic hydroxyl groups is 1. The lowest BCUT2D eigenvalue weighted by atomic mass is 10.0. The highest BCUT2D eigenvalue weighted by atomic mass is 16.5. The van der Waals surface area contributed by atoms with E-state index in [0.717, 1.165) is 17.7 Å². The van der Waals surface area contributed by atoms with E-state index in [1.54, 1.807) is 6.92 Å². The molecule has 2 aliphatic rings. The first-order valence-electron chi connectivity index (χ1n) is 5.76. The molecule has 1 fully saturated rings. The first-order chi connectivity index (χ1) is 8.31. The molecule has 3 rings (SSSR count). The van der Waals surface area contributed by atoms with Crippen LogP contribution in [0.3, 0.4) is 0 Å². The van der Waals surface area contributed by atoms with Gasteiger partial charge in [0, 0.05) is 11.5 Å². The van der Waals surface area contributed by atoms with E-state index in [1.165, 1.54) is 5.56 Å². The van der Waals surface area contributed by atoms with Crippen LogP contribution in [-0.2, 0) is 16.1 Å². The van der Waals surface area contributed by atoms with Crippen LogP contribution in [0.25, 0.3) is 0 Å². The Kier molecular flexibility index (Phi) is 3.64. The van der Waals surface area contributed by atoms with E-state index in [0.29, 0.717) is 25.1 Å². The first-order valence-corrected chi connectivity index (χ1v) is 5.76. The normalized spacial score (nSPS) is 22.5. The van der Waals surface area contributed by atoms with E-state index in [2.05, 4.69) is 4.74 Å². The molecule has 17 heavy (non-hydrogen) atoms. The fraction of sp³-hybridized carbons (Fsp3) is 0.462. The standard InChI is InChI=1S/C10H10O2.C3H6O2/c11-5-6-2-1-3-8-10(6)7-4-9(7)12-8;1-2-5-3-4/h1-3,7,9,11H,4-5H2;3H,2H2,1H3. The fourth-order valence-corrected chi connectivity index (χ4v) is 2.09. The van der Waals surface area contributed by atoms with Gasteiger partial charge in [-0.2, -0.15) is 0 Å². The van der Waals surface area contributed by atoms with Gasteiger partial charge in [-0.15, -0.1) is 0 Å². The molecule has 0 amide bonds.